The van der Waals surface area contributed by atoms with Crippen LogP contribution in [0.1, 0.15) is 10.6 Å². The summed E-state index contributed by atoms with van der Waals surface area (Å²) in [5.74, 6) is 0.805. The summed E-state index contributed by atoms with van der Waals surface area (Å²) in [6, 6.07) is 14.1. The fraction of sp³-hybridized carbons (Fsp3) is 0.333. The zero-order valence-electron chi connectivity index (χ0n) is 15.7. The van der Waals surface area contributed by atoms with Crippen molar-refractivity contribution < 1.29 is 9.21 Å². The summed E-state index contributed by atoms with van der Waals surface area (Å²) in [5.41, 5.74) is 2.13. The molecule has 0 aliphatic carbocycles. The fourth-order valence-electron chi connectivity index (χ4n) is 3.29. The van der Waals surface area contributed by atoms with E-state index in [0.29, 0.717) is 6.54 Å². The van der Waals surface area contributed by atoms with Crippen molar-refractivity contribution in [2.75, 3.05) is 32.7 Å². The number of benzene rings is 1. The third kappa shape index (κ3) is 4.79. The lowest BCUT2D eigenvalue weighted by molar-refractivity contribution is 0.135. The van der Waals surface area contributed by atoms with E-state index >= 15 is 0 Å². The molecule has 4 rings (SSSR count). The second-order valence-corrected chi connectivity index (χ2v) is 7.78. The second kappa shape index (κ2) is 9.03. The summed E-state index contributed by atoms with van der Waals surface area (Å²) >= 11 is 1.65. The Balaban J connectivity index is 1.19. The van der Waals surface area contributed by atoms with Crippen LogP contribution < -0.4 is 5.32 Å². The lowest BCUT2D eigenvalue weighted by atomic mass is 10.1. The smallest absolute Gasteiger partial charge is 0.317 e. The third-order valence-corrected chi connectivity index (χ3v) is 5.71. The van der Waals surface area contributed by atoms with Crippen LogP contribution in [0.15, 0.2) is 58.5 Å². The first kappa shape index (κ1) is 18.7. The van der Waals surface area contributed by atoms with Gasteiger partial charge in [-0.2, -0.15) is 0 Å². The number of urea groups is 1. The Kier molecular flexibility index (Phi) is 6.04. The van der Waals surface area contributed by atoms with Gasteiger partial charge in [0.1, 0.15) is 10.7 Å². The molecule has 6 nitrogen and oxygen atoms in total. The standard InChI is InChI=1S/C21H24N4O2S/c26-21(22-9-8-17-5-2-1-3-6-17)25-12-10-24(11-13-25)15-20-23-18(16-28-20)19-7-4-14-27-19/h1-7,14,16H,8-13,15H2,(H,22,26). The molecular formula is C21H24N4O2S. The Hall–Kier alpha value is -2.64. The monoisotopic (exact) mass is 396 g/mol. The quantitative estimate of drug-likeness (QED) is 0.693. The van der Waals surface area contributed by atoms with E-state index in [1.807, 2.05) is 40.6 Å². The maximum atomic E-state index is 12.4. The van der Waals surface area contributed by atoms with Crippen molar-refractivity contribution >= 4 is 17.4 Å². The SMILES string of the molecule is O=C(NCCc1ccccc1)N1CCN(Cc2nc(-c3ccco3)cs2)CC1. The molecule has 0 spiro atoms. The number of aromatic nitrogens is 1. The topological polar surface area (TPSA) is 61.6 Å². The van der Waals surface area contributed by atoms with E-state index in [2.05, 4.69) is 27.3 Å². The first-order valence-corrected chi connectivity index (χ1v) is 10.4. The Morgan fingerprint density at radius 2 is 1.93 bits per heavy atom. The van der Waals surface area contributed by atoms with Crippen LogP contribution >= 0.6 is 11.3 Å². The van der Waals surface area contributed by atoms with Crippen molar-refractivity contribution in [3.8, 4) is 11.5 Å². The highest BCUT2D eigenvalue weighted by Gasteiger charge is 2.21. The van der Waals surface area contributed by atoms with Gasteiger partial charge in [0, 0.05) is 38.1 Å². The molecule has 1 aliphatic heterocycles. The van der Waals surface area contributed by atoms with Gasteiger partial charge in [-0.3, -0.25) is 4.90 Å². The molecule has 146 valence electrons. The zero-order chi connectivity index (χ0) is 19.2. The minimum Gasteiger partial charge on any atom is -0.463 e. The molecule has 0 saturated carbocycles. The number of carbonyl (C=O) groups excluding carboxylic acids is 1. The molecule has 0 unspecified atom stereocenters. The van der Waals surface area contributed by atoms with Gasteiger partial charge in [-0.1, -0.05) is 30.3 Å². The Labute approximate surface area is 168 Å². The van der Waals surface area contributed by atoms with Crippen LogP contribution in [0.3, 0.4) is 0 Å². The largest absolute Gasteiger partial charge is 0.463 e. The van der Waals surface area contributed by atoms with E-state index in [1.54, 1.807) is 17.6 Å². The molecule has 0 radical (unpaired) electrons. The molecule has 7 heteroatoms. The van der Waals surface area contributed by atoms with Crippen molar-refractivity contribution in [2.24, 2.45) is 0 Å². The molecule has 2 amide bonds. The van der Waals surface area contributed by atoms with E-state index in [9.17, 15) is 4.79 Å². The molecular weight excluding hydrogens is 372 g/mol. The van der Waals surface area contributed by atoms with Crippen molar-refractivity contribution in [2.45, 2.75) is 13.0 Å². The molecule has 0 bridgehead atoms. The lowest BCUT2D eigenvalue weighted by Gasteiger charge is -2.34. The van der Waals surface area contributed by atoms with Crippen LogP contribution in [0, 0.1) is 0 Å². The van der Waals surface area contributed by atoms with Gasteiger partial charge in [-0.05, 0) is 24.1 Å². The van der Waals surface area contributed by atoms with E-state index in [4.69, 9.17) is 4.42 Å². The van der Waals surface area contributed by atoms with Crippen LogP contribution in [-0.4, -0.2) is 53.5 Å². The number of nitrogens with one attached hydrogen (secondary N) is 1. The highest BCUT2D eigenvalue weighted by atomic mass is 32.1. The highest BCUT2D eigenvalue weighted by Crippen LogP contribution is 2.23. The van der Waals surface area contributed by atoms with Crippen molar-refractivity contribution in [3.05, 3.63) is 64.7 Å². The Bertz CT molecular complexity index is 871. The number of furan rings is 1. The molecule has 1 aliphatic rings. The van der Waals surface area contributed by atoms with Crippen LogP contribution in [0.4, 0.5) is 4.79 Å². The summed E-state index contributed by atoms with van der Waals surface area (Å²) in [6.45, 7) is 4.69. The zero-order valence-corrected chi connectivity index (χ0v) is 16.5. The maximum absolute atomic E-state index is 12.4. The van der Waals surface area contributed by atoms with Crippen LogP contribution in [0.5, 0.6) is 0 Å². The van der Waals surface area contributed by atoms with Gasteiger partial charge in [0.15, 0.2) is 5.76 Å². The normalized spacial score (nSPS) is 14.9. The molecule has 0 atom stereocenters. The summed E-state index contributed by atoms with van der Waals surface area (Å²) in [4.78, 5) is 21.3. The number of thiazole rings is 1. The van der Waals surface area contributed by atoms with Crippen molar-refractivity contribution in [3.63, 3.8) is 0 Å². The summed E-state index contributed by atoms with van der Waals surface area (Å²) in [6.07, 6.45) is 2.52. The molecule has 2 aromatic heterocycles. The van der Waals surface area contributed by atoms with E-state index in [1.165, 1.54) is 5.56 Å². The van der Waals surface area contributed by atoms with Crippen LogP contribution in [0.2, 0.25) is 0 Å². The Morgan fingerprint density at radius 3 is 2.68 bits per heavy atom. The van der Waals surface area contributed by atoms with Gasteiger partial charge in [0.25, 0.3) is 0 Å². The number of piperazine rings is 1. The first-order valence-electron chi connectivity index (χ1n) is 9.55. The number of hydrogen-bond donors (Lipinski definition) is 1. The Morgan fingerprint density at radius 1 is 1.11 bits per heavy atom. The molecule has 28 heavy (non-hydrogen) atoms. The number of amides is 2. The van der Waals surface area contributed by atoms with Gasteiger partial charge in [-0.25, -0.2) is 9.78 Å². The van der Waals surface area contributed by atoms with Gasteiger partial charge < -0.3 is 14.6 Å². The number of hydrogen-bond acceptors (Lipinski definition) is 5. The van der Waals surface area contributed by atoms with Crippen LogP contribution in [-0.2, 0) is 13.0 Å². The molecule has 1 fully saturated rings. The predicted molar refractivity (Wildman–Crippen MR) is 110 cm³/mol. The average Bonchev–Trinajstić information content (AvgIpc) is 3.41. The van der Waals surface area contributed by atoms with Gasteiger partial charge in [0.05, 0.1) is 12.8 Å². The molecule has 1 N–H and O–H groups in total. The highest BCUT2D eigenvalue weighted by molar-refractivity contribution is 7.09. The number of nitrogens with zero attached hydrogens (tertiary/aromatic N) is 3. The molecule has 1 saturated heterocycles. The number of carbonyl (C=O) groups is 1. The van der Waals surface area contributed by atoms with Gasteiger partial charge in [0.2, 0.25) is 0 Å². The summed E-state index contributed by atoms with van der Waals surface area (Å²) < 4.78 is 5.40. The molecule has 3 heterocycles. The summed E-state index contributed by atoms with van der Waals surface area (Å²) in [5, 5.41) is 6.14. The fourth-order valence-corrected chi connectivity index (χ4v) is 4.12. The van der Waals surface area contributed by atoms with E-state index < -0.39 is 0 Å². The molecule has 3 aromatic rings. The van der Waals surface area contributed by atoms with Crippen molar-refractivity contribution in [1.29, 1.82) is 0 Å². The van der Waals surface area contributed by atoms with Gasteiger partial charge in [-0.15, -0.1) is 11.3 Å². The second-order valence-electron chi connectivity index (χ2n) is 6.83. The lowest BCUT2D eigenvalue weighted by Crippen LogP contribution is -2.51. The average molecular weight is 397 g/mol. The van der Waals surface area contributed by atoms with Crippen LogP contribution in [0.25, 0.3) is 11.5 Å². The number of rotatable bonds is 6. The third-order valence-electron chi connectivity index (χ3n) is 4.88. The first-order chi connectivity index (χ1) is 13.8. The molecule has 1 aromatic carbocycles. The maximum Gasteiger partial charge on any atom is 0.317 e. The van der Waals surface area contributed by atoms with Gasteiger partial charge >= 0.3 is 6.03 Å². The van der Waals surface area contributed by atoms with E-state index in [-0.39, 0.29) is 6.03 Å². The minimum absolute atomic E-state index is 0.0323. The van der Waals surface area contributed by atoms with Crippen molar-refractivity contribution in [1.82, 2.24) is 20.1 Å². The minimum atomic E-state index is 0.0323. The van der Waals surface area contributed by atoms with E-state index in [0.717, 1.165) is 55.6 Å². The predicted octanol–water partition coefficient (Wildman–Crippen LogP) is 3.47. The summed E-state index contributed by atoms with van der Waals surface area (Å²) in [7, 11) is 0.